The Bertz CT molecular complexity index is 1420. The molecule has 7 nitrogen and oxygen atoms in total. The van der Waals surface area contributed by atoms with Gasteiger partial charge < -0.3 is 10.3 Å². The lowest BCUT2D eigenvalue weighted by molar-refractivity contribution is 0.102. The number of carbonyl (C=O) groups is 1. The molecule has 8 heteroatoms. The van der Waals surface area contributed by atoms with Gasteiger partial charge >= 0.3 is 0 Å². The van der Waals surface area contributed by atoms with Gasteiger partial charge in [-0.05, 0) is 74.7 Å². The van der Waals surface area contributed by atoms with Crippen molar-refractivity contribution in [2.75, 3.05) is 13.1 Å². The van der Waals surface area contributed by atoms with Crippen LogP contribution in [0.25, 0.3) is 28.0 Å². The van der Waals surface area contributed by atoms with Crippen molar-refractivity contribution >= 4 is 39.8 Å². The zero-order valence-electron chi connectivity index (χ0n) is 18.3. The third-order valence-electron chi connectivity index (χ3n) is 6.47. The highest BCUT2D eigenvalue weighted by Gasteiger charge is 2.23. The second-order valence-corrected chi connectivity index (χ2v) is 9.69. The van der Waals surface area contributed by atoms with E-state index in [1.165, 1.54) is 16.9 Å². The third-order valence-corrected chi connectivity index (χ3v) is 7.69. The Hall–Kier alpha value is -3.36. The molecule has 0 aliphatic carbocycles. The minimum absolute atomic E-state index is 0.0737. The molecule has 0 amide bonds. The molecule has 0 unspecified atom stereocenters. The molecule has 4 aromatic rings. The number of hydrogen-bond donors (Lipinski definition) is 3. The first kappa shape index (κ1) is 20.3. The molecule has 0 spiro atoms. The number of fused-ring (bicyclic) bond motifs is 2. The third kappa shape index (κ3) is 3.65. The highest BCUT2D eigenvalue weighted by atomic mass is 32.1. The minimum Gasteiger partial charge on any atom is -0.338 e. The number of Topliss-reactive ketones (excluding diaryl/α,β-unsaturated/α-hetero) is 1. The second-order valence-electron chi connectivity index (χ2n) is 8.60. The van der Waals surface area contributed by atoms with Gasteiger partial charge in [0.1, 0.15) is 5.69 Å². The number of rotatable bonds is 4. The number of carbonyl (C=O) groups excluding carboxylic acids is 1. The fourth-order valence-electron chi connectivity index (χ4n) is 4.70. The monoisotopic (exact) mass is 456 g/mol. The summed E-state index contributed by atoms with van der Waals surface area (Å²) in [5.41, 5.74) is 5.99. The summed E-state index contributed by atoms with van der Waals surface area (Å²) >= 11 is 1.49. The van der Waals surface area contributed by atoms with Crippen LogP contribution in [0.5, 0.6) is 0 Å². The number of aromatic amines is 2. The number of allylic oxidation sites excluding steroid dienone is 1. The molecular formula is C25H24N6OS. The number of piperidine rings is 1. The summed E-state index contributed by atoms with van der Waals surface area (Å²) in [6.07, 6.45) is 6.10. The smallest absolute Gasteiger partial charge is 0.169 e. The molecule has 2 aliphatic rings. The molecule has 3 N–H and O–H groups in total. The number of aliphatic imine (C=N–C) groups is 1. The van der Waals surface area contributed by atoms with E-state index < -0.39 is 0 Å². The Balaban J connectivity index is 1.41. The van der Waals surface area contributed by atoms with E-state index in [1.54, 1.807) is 6.92 Å². The first-order valence-electron chi connectivity index (χ1n) is 11.3. The Morgan fingerprint density at radius 2 is 2.00 bits per heavy atom. The summed E-state index contributed by atoms with van der Waals surface area (Å²) in [6.45, 7) is 4.25. The van der Waals surface area contributed by atoms with Crippen LogP contribution in [0.4, 0.5) is 0 Å². The molecule has 166 valence electrons. The number of ketones is 1. The lowest BCUT2D eigenvalue weighted by Crippen LogP contribution is -2.26. The van der Waals surface area contributed by atoms with Crippen molar-refractivity contribution in [1.82, 2.24) is 25.5 Å². The molecule has 0 radical (unpaired) electrons. The van der Waals surface area contributed by atoms with Crippen molar-refractivity contribution < 1.29 is 4.79 Å². The Kier molecular flexibility index (Phi) is 5.04. The van der Waals surface area contributed by atoms with E-state index in [4.69, 9.17) is 4.98 Å². The molecule has 3 aromatic heterocycles. The van der Waals surface area contributed by atoms with Crippen molar-refractivity contribution in [3.05, 3.63) is 63.1 Å². The van der Waals surface area contributed by atoms with E-state index in [0.29, 0.717) is 12.5 Å². The number of H-pyrrole nitrogens is 2. The lowest BCUT2D eigenvalue weighted by Gasteiger charge is -2.23. The highest BCUT2D eigenvalue weighted by Crippen LogP contribution is 2.35. The second kappa shape index (κ2) is 8.20. The van der Waals surface area contributed by atoms with Crippen LogP contribution >= 0.6 is 11.3 Å². The molecule has 1 saturated heterocycles. The Morgan fingerprint density at radius 3 is 2.82 bits per heavy atom. The van der Waals surface area contributed by atoms with Crippen molar-refractivity contribution in [3.8, 4) is 11.5 Å². The fourth-order valence-corrected chi connectivity index (χ4v) is 5.63. The van der Waals surface area contributed by atoms with Crippen molar-refractivity contribution in [2.24, 2.45) is 4.99 Å². The Labute approximate surface area is 195 Å². The van der Waals surface area contributed by atoms with Gasteiger partial charge in [0.2, 0.25) is 0 Å². The SMILES string of the molecule is CC(=O)c1ccc(C2=CC=NCc3[nH]c(-c4n[nH]c5ccc(C6CCNCC6)cc45)nc32)s1. The number of nitrogens with one attached hydrogen (secondary N) is 3. The van der Waals surface area contributed by atoms with E-state index in [-0.39, 0.29) is 5.78 Å². The predicted molar refractivity (Wildman–Crippen MR) is 132 cm³/mol. The highest BCUT2D eigenvalue weighted by molar-refractivity contribution is 7.15. The average molecular weight is 457 g/mol. The van der Waals surface area contributed by atoms with Crippen LogP contribution in [-0.4, -0.2) is 45.3 Å². The lowest BCUT2D eigenvalue weighted by atomic mass is 9.89. The summed E-state index contributed by atoms with van der Waals surface area (Å²) in [7, 11) is 0. The zero-order chi connectivity index (χ0) is 22.4. The molecule has 1 fully saturated rings. The van der Waals surface area contributed by atoms with Gasteiger partial charge in [0, 0.05) is 22.1 Å². The predicted octanol–water partition coefficient (Wildman–Crippen LogP) is 4.70. The molecule has 0 bridgehead atoms. The van der Waals surface area contributed by atoms with E-state index in [2.05, 4.69) is 43.7 Å². The van der Waals surface area contributed by atoms with Gasteiger partial charge in [0.25, 0.3) is 0 Å². The number of benzene rings is 1. The van der Waals surface area contributed by atoms with Crippen LogP contribution in [-0.2, 0) is 6.54 Å². The summed E-state index contributed by atoms with van der Waals surface area (Å²) in [4.78, 5) is 26.5. The summed E-state index contributed by atoms with van der Waals surface area (Å²) in [6, 6.07) is 10.5. The maximum absolute atomic E-state index is 11.8. The van der Waals surface area contributed by atoms with Crippen molar-refractivity contribution in [2.45, 2.75) is 32.2 Å². The standard InChI is InChI=1S/C25H24N6OS/c1-14(32)21-4-5-22(33-21)17-8-11-27-13-20-23(17)29-25(28-20)24-18-12-16(2-3-19(18)30-31-24)15-6-9-26-10-7-15/h2-5,8,11-12,15,26H,6-7,9-10,13H2,1H3,(H,28,29)(H,30,31). The maximum Gasteiger partial charge on any atom is 0.169 e. The molecule has 6 rings (SSSR count). The van der Waals surface area contributed by atoms with Gasteiger partial charge in [-0.1, -0.05) is 6.07 Å². The van der Waals surface area contributed by atoms with E-state index in [9.17, 15) is 4.79 Å². The minimum atomic E-state index is 0.0737. The van der Waals surface area contributed by atoms with Gasteiger partial charge in [-0.2, -0.15) is 5.10 Å². The summed E-state index contributed by atoms with van der Waals surface area (Å²) < 4.78 is 0. The summed E-state index contributed by atoms with van der Waals surface area (Å²) in [5.74, 6) is 1.38. The van der Waals surface area contributed by atoms with Crippen molar-refractivity contribution in [3.63, 3.8) is 0 Å². The molecule has 5 heterocycles. The largest absolute Gasteiger partial charge is 0.338 e. The molecule has 33 heavy (non-hydrogen) atoms. The molecular weight excluding hydrogens is 432 g/mol. The van der Waals surface area contributed by atoms with Crippen LogP contribution < -0.4 is 5.32 Å². The van der Waals surface area contributed by atoms with Gasteiger partial charge in [0.05, 0.1) is 28.3 Å². The maximum atomic E-state index is 11.8. The van der Waals surface area contributed by atoms with E-state index in [0.717, 1.165) is 75.1 Å². The first-order chi connectivity index (χ1) is 16.2. The van der Waals surface area contributed by atoms with Gasteiger partial charge in [-0.25, -0.2) is 4.98 Å². The van der Waals surface area contributed by atoms with E-state index >= 15 is 0 Å². The zero-order valence-corrected chi connectivity index (χ0v) is 19.1. The van der Waals surface area contributed by atoms with Crippen LogP contribution in [0, 0.1) is 0 Å². The van der Waals surface area contributed by atoms with Crippen LogP contribution in [0.2, 0.25) is 0 Å². The number of nitrogens with zero attached hydrogens (tertiary/aromatic N) is 3. The van der Waals surface area contributed by atoms with Crippen LogP contribution in [0.1, 0.15) is 57.2 Å². The number of aromatic nitrogens is 4. The van der Waals surface area contributed by atoms with Crippen LogP contribution in [0.3, 0.4) is 0 Å². The van der Waals surface area contributed by atoms with Crippen LogP contribution in [0.15, 0.2) is 41.4 Å². The average Bonchev–Trinajstić information content (AvgIpc) is 3.56. The van der Waals surface area contributed by atoms with Gasteiger partial charge in [0.15, 0.2) is 11.6 Å². The quantitative estimate of drug-likeness (QED) is 0.388. The number of imidazole rings is 1. The normalized spacial score (nSPS) is 16.6. The first-order valence-corrected chi connectivity index (χ1v) is 12.1. The number of thiophene rings is 1. The van der Waals surface area contributed by atoms with Gasteiger partial charge in [-0.15, -0.1) is 11.3 Å². The fraction of sp³-hybridized carbons (Fsp3) is 0.280. The Morgan fingerprint density at radius 1 is 1.12 bits per heavy atom. The van der Waals surface area contributed by atoms with Gasteiger partial charge in [-0.3, -0.25) is 14.9 Å². The molecule has 2 aliphatic heterocycles. The molecule has 0 atom stereocenters. The van der Waals surface area contributed by atoms with Crippen molar-refractivity contribution in [1.29, 1.82) is 0 Å². The summed E-state index contributed by atoms with van der Waals surface area (Å²) in [5, 5.41) is 12.3. The molecule has 1 aromatic carbocycles. The van der Waals surface area contributed by atoms with E-state index in [1.807, 2.05) is 24.4 Å². The molecule has 0 saturated carbocycles. The topological polar surface area (TPSA) is 98.8 Å². The number of hydrogen-bond acceptors (Lipinski definition) is 6.